The molecular weight excluding hydrogens is 683 g/mol. The molecule has 11 rings (SSSR count). The van der Waals surface area contributed by atoms with Crippen molar-refractivity contribution in [3.05, 3.63) is 200 Å². The average molecular weight is 716 g/mol. The van der Waals surface area contributed by atoms with Gasteiger partial charge in [0.25, 0.3) is 0 Å². The van der Waals surface area contributed by atoms with Crippen LogP contribution in [0.4, 0.5) is 0 Å². The molecule has 8 aromatic carbocycles. The fraction of sp³-hybridized carbons (Fsp3) is 0. The molecule has 0 aliphatic carbocycles. The summed E-state index contributed by atoms with van der Waals surface area (Å²) in [5.74, 6) is 1.87. The van der Waals surface area contributed by atoms with E-state index in [1.807, 2.05) is 18.2 Å². The molecular formula is C51H33N5. The molecule has 0 atom stereocenters. The SMILES string of the molecule is c1ccc(-c2nc(-c3ccccc3-c3ccc4c(c3)c3ccccc3n4-c3ccccc3)nc(-c3cccc4c5ccccc5n(-c5ccccc5)c34)n2)cc1. The zero-order valence-corrected chi connectivity index (χ0v) is 30.3. The van der Waals surface area contributed by atoms with Crippen LogP contribution in [-0.4, -0.2) is 24.1 Å². The standard InChI is InChI=1S/C51H33N5/c1-4-17-34(18-5-1)49-52-50(54-51(53-49)43-28-16-27-41-39-24-12-15-30-46(39)56(48(41)43)37-21-8-3-9-22-37)42-26-11-10-23-38(42)35-31-32-47-44(33-35)40-25-13-14-29-45(40)55(47)36-19-6-2-7-20-36/h1-33H. The lowest BCUT2D eigenvalue weighted by Gasteiger charge is -2.14. The van der Waals surface area contributed by atoms with Crippen molar-refractivity contribution >= 4 is 43.6 Å². The predicted octanol–water partition coefficient (Wildman–Crippen LogP) is 12.7. The third-order valence-electron chi connectivity index (χ3n) is 10.8. The van der Waals surface area contributed by atoms with E-state index in [4.69, 9.17) is 15.0 Å². The smallest absolute Gasteiger partial charge is 0.166 e. The second-order valence-corrected chi connectivity index (χ2v) is 14.0. The van der Waals surface area contributed by atoms with E-state index in [0.717, 1.165) is 61.1 Å². The van der Waals surface area contributed by atoms with E-state index in [9.17, 15) is 0 Å². The van der Waals surface area contributed by atoms with Crippen molar-refractivity contribution < 1.29 is 0 Å². The van der Waals surface area contributed by atoms with Crippen molar-refractivity contribution in [3.63, 3.8) is 0 Å². The molecule has 0 fully saturated rings. The largest absolute Gasteiger partial charge is 0.309 e. The Balaban J connectivity index is 1.15. The van der Waals surface area contributed by atoms with Gasteiger partial charge in [0.05, 0.1) is 22.1 Å². The normalized spacial score (nSPS) is 11.6. The Bertz CT molecular complexity index is 3240. The minimum atomic E-state index is 0.621. The molecule has 3 aromatic heterocycles. The van der Waals surface area contributed by atoms with Gasteiger partial charge >= 0.3 is 0 Å². The Morgan fingerprint density at radius 1 is 0.286 bits per heavy atom. The average Bonchev–Trinajstić information content (AvgIpc) is 3.80. The molecule has 5 heteroatoms. The Hall–Kier alpha value is -7.63. The van der Waals surface area contributed by atoms with Crippen LogP contribution in [0.2, 0.25) is 0 Å². The van der Waals surface area contributed by atoms with Gasteiger partial charge in [-0.25, -0.2) is 15.0 Å². The molecule has 3 heterocycles. The monoisotopic (exact) mass is 715 g/mol. The van der Waals surface area contributed by atoms with Gasteiger partial charge in [-0.1, -0.05) is 146 Å². The number of para-hydroxylation sites is 5. The van der Waals surface area contributed by atoms with Gasteiger partial charge in [0.2, 0.25) is 0 Å². The Morgan fingerprint density at radius 3 is 1.48 bits per heavy atom. The third kappa shape index (κ3) is 5.13. The summed E-state index contributed by atoms with van der Waals surface area (Å²) in [6.07, 6.45) is 0. The first kappa shape index (κ1) is 31.9. The van der Waals surface area contributed by atoms with Gasteiger partial charge in [-0.05, 0) is 65.7 Å². The summed E-state index contributed by atoms with van der Waals surface area (Å²) in [6, 6.07) is 70.2. The molecule has 262 valence electrons. The molecule has 0 aliphatic rings. The molecule has 0 N–H and O–H groups in total. The van der Waals surface area contributed by atoms with Crippen LogP contribution < -0.4 is 0 Å². The summed E-state index contributed by atoms with van der Waals surface area (Å²) >= 11 is 0. The van der Waals surface area contributed by atoms with Crippen molar-refractivity contribution in [2.24, 2.45) is 0 Å². The highest BCUT2D eigenvalue weighted by Gasteiger charge is 2.21. The quantitative estimate of drug-likeness (QED) is 0.172. The highest BCUT2D eigenvalue weighted by molar-refractivity contribution is 6.14. The van der Waals surface area contributed by atoms with Crippen molar-refractivity contribution in [3.8, 4) is 56.7 Å². The summed E-state index contributed by atoms with van der Waals surface area (Å²) in [4.78, 5) is 15.8. The number of hydrogen-bond acceptors (Lipinski definition) is 3. The molecule has 11 aromatic rings. The lowest BCUT2D eigenvalue weighted by molar-refractivity contribution is 1.07. The van der Waals surface area contributed by atoms with Gasteiger partial charge in [0.1, 0.15) is 0 Å². The van der Waals surface area contributed by atoms with Crippen molar-refractivity contribution in [1.29, 1.82) is 0 Å². The number of rotatable bonds is 6. The first-order valence-electron chi connectivity index (χ1n) is 18.9. The summed E-state index contributed by atoms with van der Waals surface area (Å²) in [7, 11) is 0. The molecule has 0 amide bonds. The lowest BCUT2D eigenvalue weighted by atomic mass is 9.97. The van der Waals surface area contributed by atoms with Crippen LogP contribution in [0.3, 0.4) is 0 Å². The molecule has 5 nitrogen and oxygen atoms in total. The summed E-state index contributed by atoms with van der Waals surface area (Å²) in [5, 5.41) is 4.73. The van der Waals surface area contributed by atoms with Crippen molar-refractivity contribution in [2.45, 2.75) is 0 Å². The van der Waals surface area contributed by atoms with Crippen LogP contribution in [0.1, 0.15) is 0 Å². The summed E-state index contributed by atoms with van der Waals surface area (Å²) in [5.41, 5.74) is 11.7. The first-order chi connectivity index (χ1) is 27.8. The summed E-state index contributed by atoms with van der Waals surface area (Å²) in [6.45, 7) is 0. The van der Waals surface area contributed by atoms with E-state index in [-0.39, 0.29) is 0 Å². The highest BCUT2D eigenvalue weighted by Crippen LogP contribution is 2.40. The molecule has 0 saturated heterocycles. The Morgan fingerprint density at radius 2 is 0.768 bits per heavy atom. The molecule has 0 aliphatic heterocycles. The van der Waals surface area contributed by atoms with E-state index in [0.29, 0.717) is 17.5 Å². The predicted molar refractivity (Wildman–Crippen MR) is 230 cm³/mol. The topological polar surface area (TPSA) is 48.5 Å². The maximum Gasteiger partial charge on any atom is 0.166 e. The van der Waals surface area contributed by atoms with E-state index in [1.165, 1.54) is 21.7 Å². The van der Waals surface area contributed by atoms with Gasteiger partial charge in [-0.2, -0.15) is 0 Å². The minimum Gasteiger partial charge on any atom is -0.309 e. The zero-order chi connectivity index (χ0) is 37.0. The maximum absolute atomic E-state index is 5.36. The molecule has 0 radical (unpaired) electrons. The fourth-order valence-electron chi connectivity index (χ4n) is 8.30. The van der Waals surface area contributed by atoms with Gasteiger partial charge in [0, 0.05) is 49.6 Å². The minimum absolute atomic E-state index is 0.621. The lowest BCUT2D eigenvalue weighted by Crippen LogP contribution is -2.02. The van der Waals surface area contributed by atoms with Crippen LogP contribution in [0.15, 0.2) is 200 Å². The van der Waals surface area contributed by atoms with E-state index in [2.05, 4.69) is 191 Å². The molecule has 0 bridgehead atoms. The first-order valence-corrected chi connectivity index (χ1v) is 18.9. The van der Waals surface area contributed by atoms with Gasteiger partial charge in [-0.3, -0.25) is 0 Å². The highest BCUT2D eigenvalue weighted by atomic mass is 15.0. The van der Waals surface area contributed by atoms with E-state index in [1.54, 1.807) is 0 Å². The number of hydrogen-bond donors (Lipinski definition) is 0. The van der Waals surface area contributed by atoms with Crippen LogP contribution >= 0.6 is 0 Å². The van der Waals surface area contributed by atoms with Crippen LogP contribution in [-0.2, 0) is 0 Å². The van der Waals surface area contributed by atoms with Crippen molar-refractivity contribution in [2.75, 3.05) is 0 Å². The van der Waals surface area contributed by atoms with Crippen LogP contribution in [0.5, 0.6) is 0 Å². The Labute approximate surface area is 323 Å². The van der Waals surface area contributed by atoms with E-state index >= 15 is 0 Å². The Kier molecular flexibility index (Phi) is 7.42. The van der Waals surface area contributed by atoms with Crippen LogP contribution in [0.25, 0.3) is 100 Å². The molecule has 0 unspecified atom stereocenters. The maximum atomic E-state index is 5.36. The second kappa shape index (κ2) is 13.0. The second-order valence-electron chi connectivity index (χ2n) is 14.0. The fourth-order valence-corrected chi connectivity index (χ4v) is 8.30. The summed E-state index contributed by atoms with van der Waals surface area (Å²) < 4.78 is 4.68. The number of fused-ring (bicyclic) bond motifs is 6. The number of benzene rings is 8. The number of nitrogens with zero attached hydrogens (tertiary/aromatic N) is 5. The van der Waals surface area contributed by atoms with Crippen LogP contribution in [0, 0.1) is 0 Å². The molecule has 56 heavy (non-hydrogen) atoms. The molecule has 0 spiro atoms. The zero-order valence-electron chi connectivity index (χ0n) is 30.3. The van der Waals surface area contributed by atoms with Gasteiger partial charge < -0.3 is 9.13 Å². The number of aromatic nitrogens is 5. The van der Waals surface area contributed by atoms with Crippen molar-refractivity contribution in [1.82, 2.24) is 24.1 Å². The van der Waals surface area contributed by atoms with Gasteiger partial charge in [-0.15, -0.1) is 0 Å². The van der Waals surface area contributed by atoms with Gasteiger partial charge in [0.15, 0.2) is 17.5 Å². The molecule has 0 saturated carbocycles. The third-order valence-corrected chi connectivity index (χ3v) is 10.8. The van der Waals surface area contributed by atoms with E-state index < -0.39 is 0 Å².